The average Bonchev–Trinajstić information content (AvgIpc) is 3.34. The quantitative estimate of drug-likeness (QED) is 0.218. The molecular weight excluding hydrogens is 466 g/mol. The van der Waals surface area contributed by atoms with Crippen LogP contribution in [0.25, 0.3) is 22.1 Å². The highest BCUT2D eigenvalue weighted by molar-refractivity contribution is 7.98. The van der Waals surface area contributed by atoms with Crippen molar-refractivity contribution >= 4 is 39.7 Å². The first-order valence-electron chi connectivity index (χ1n) is 10.3. The second-order valence-electron chi connectivity index (χ2n) is 7.65. The molecule has 4 heterocycles. The largest absolute Gasteiger partial charge is 0.493 e. The molecule has 1 saturated heterocycles. The van der Waals surface area contributed by atoms with Gasteiger partial charge in [-0.3, -0.25) is 4.57 Å². The first-order chi connectivity index (χ1) is 16.4. The minimum absolute atomic E-state index is 0.120. The lowest BCUT2D eigenvalue weighted by Gasteiger charge is -2.19. The van der Waals surface area contributed by atoms with E-state index in [0.29, 0.717) is 27.4 Å². The second kappa shape index (κ2) is 8.85. The Morgan fingerprint density at radius 1 is 1.26 bits per heavy atom. The number of hydrogen-bond acceptors (Lipinski definition) is 12. The van der Waals surface area contributed by atoms with E-state index in [2.05, 4.69) is 15.0 Å². The first kappa shape index (κ1) is 22.6. The van der Waals surface area contributed by atoms with Gasteiger partial charge in [-0.1, -0.05) is 23.9 Å². The molecule has 0 saturated carbocycles. The second-order valence-corrected chi connectivity index (χ2v) is 8.59. The fraction of sp³-hybridized carbons (Fsp3) is 0.333. The van der Waals surface area contributed by atoms with Gasteiger partial charge in [-0.25, -0.2) is 19.7 Å². The van der Waals surface area contributed by atoms with E-state index >= 15 is 0 Å². The Labute approximate surface area is 196 Å². The molecule has 1 fully saturated rings. The number of para-hydroxylation sites is 1. The summed E-state index contributed by atoms with van der Waals surface area (Å²) in [4.78, 5) is 25.3. The maximum Gasteiger partial charge on any atom is 0.340 e. The highest BCUT2D eigenvalue weighted by Gasteiger charge is 2.45. The zero-order valence-electron chi connectivity index (χ0n) is 17.9. The third-order valence-electron chi connectivity index (χ3n) is 5.62. The molecule has 0 unspecified atom stereocenters. The third-order valence-corrected chi connectivity index (χ3v) is 6.62. The summed E-state index contributed by atoms with van der Waals surface area (Å²) in [6.45, 7) is -0.484. The van der Waals surface area contributed by atoms with Gasteiger partial charge in [-0.05, 0) is 12.1 Å². The number of aromatic nitrogens is 4. The summed E-state index contributed by atoms with van der Waals surface area (Å²) >= 11 is 1.17. The number of methoxy groups -OCH3 is 1. The molecule has 12 nitrogen and oxygen atoms in total. The lowest BCUT2D eigenvalue weighted by Crippen LogP contribution is -2.33. The molecule has 5 rings (SSSR count). The highest BCUT2D eigenvalue weighted by Crippen LogP contribution is 2.37. The first-order valence-corrected chi connectivity index (χ1v) is 11.2. The van der Waals surface area contributed by atoms with Crippen LogP contribution >= 0.6 is 11.8 Å². The maximum absolute atomic E-state index is 12.6. The van der Waals surface area contributed by atoms with Crippen LogP contribution in [0.5, 0.6) is 5.75 Å². The molecule has 5 N–H and O–H groups in total. The minimum Gasteiger partial charge on any atom is -0.493 e. The Morgan fingerprint density at radius 3 is 2.82 bits per heavy atom. The maximum atomic E-state index is 12.6. The number of nitrogen functional groups attached to an aromatic ring is 1. The number of imidazole rings is 1. The Bertz CT molecular complexity index is 1420. The van der Waals surface area contributed by atoms with Crippen molar-refractivity contribution in [2.45, 2.75) is 35.4 Å². The third kappa shape index (κ3) is 3.67. The number of thioether (sulfide) groups is 1. The van der Waals surface area contributed by atoms with E-state index in [1.165, 1.54) is 29.8 Å². The number of hydrogen-bond donors (Lipinski definition) is 4. The normalized spacial score (nSPS) is 22.6. The van der Waals surface area contributed by atoms with E-state index in [1.54, 1.807) is 24.3 Å². The molecule has 1 aliphatic heterocycles. The van der Waals surface area contributed by atoms with Crippen molar-refractivity contribution in [3.63, 3.8) is 0 Å². The van der Waals surface area contributed by atoms with Gasteiger partial charge in [-0.2, -0.15) is 0 Å². The van der Waals surface area contributed by atoms with Gasteiger partial charge in [0.1, 0.15) is 24.6 Å². The zero-order chi connectivity index (χ0) is 24.0. The van der Waals surface area contributed by atoms with Gasteiger partial charge in [0.2, 0.25) is 0 Å². The highest BCUT2D eigenvalue weighted by atomic mass is 32.2. The molecule has 34 heavy (non-hydrogen) atoms. The van der Waals surface area contributed by atoms with Crippen LogP contribution < -0.4 is 16.1 Å². The molecule has 4 atom stereocenters. The summed E-state index contributed by atoms with van der Waals surface area (Å²) in [7, 11) is 1.50. The Kier molecular flexibility index (Phi) is 5.87. The van der Waals surface area contributed by atoms with Gasteiger partial charge in [0.15, 0.2) is 39.7 Å². The van der Waals surface area contributed by atoms with Crippen molar-refractivity contribution in [2.24, 2.45) is 0 Å². The lowest BCUT2D eigenvalue weighted by molar-refractivity contribution is -0.0548. The van der Waals surface area contributed by atoms with Crippen LogP contribution in [0, 0.1) is 0 Å². The van der Waals surface area contributed by atoms with Crippen LogP contribution in [0.2, 0.25) is 0 Å². The van der Waals surface area contributed by atoms with Crippen molar-refractivity contribution in [1.82, 2.24) is 19.5 Å². The van der Waals surface area contributed by atoms with Crippen LogP contribution in [-0.2, 0) is 10.5 Å². The van der Waals surface area contributed by atoms with Crippen molar-refractivity contribution < 1.29 is 29.2 Å². The summed E-state index contributed by atoms with van der Waals surface area (Å²) in [6.07, 6.45) is -3.50. The number of rotatable bonds is 6. The van der Waals surface area contributed by atoms with Gasteiger partial charge in [0, 0.05) is 16.7 Å². The van der Waals surface area contributed by atoms with E-state index in [0.717, 1.165) is 0 Å². The van der Waals surface area contributed by atoms with Crippen molar-refractivity contribution in [1.29, 1.82) is 0 Å². The van der Waals surface area contributed by atoms with Crippen LogP contribution in [0.3, 0.4) is 0 Å². The van der Waals surface area contributed by atoms with Crippen molar-refractivity contribution in [2.75, 3.05) is 19.5 Å². The molecule has 0 radical (unpaired) electrons. The number of aliphatic hydroxyl groups is 3. The Morgan fingerprint density at radius 2 is 2.09 bits per heavy atom. The molecular formula is C21H21N5O7S. The lowest BCUT2D eigenvalue weighted by atomic mass is 10.1. The summed E-state index contributed by atoms with van der Waals surface area (Å²) in [5, 5.41) is 31.3. The standard InChI is InChI=1S/C21H21N5O7S/c1-31-11-4-2-3-9-5-10(20(30)33-16(9)11)7-34-21-25-13-17(22)23-8-24-18(13)26(21)19-15(29)14(28)12(6-27)32-19/h2-5,8,12,14-15,19,27-29H,6-7H2,1H3,(H2,22,23,24)/t12-,14-,15-,19-/m1/s1. The smallest absolute Gasteiger partial charge is 0.340 e. The number of nitrogens with zero attached hydrogens (tertiary/aromatic N) is 4. The number of nitrogens with two attached hydrogens (primary N) is 1. The Hall–Kier alpha value is -3.23. The van der Waals surface area contributed by atoms with Gasteiger partial charge in [-0.15, -0.1) is 0 Å². The van der Waals surface area contributed by atoms with Crippen LogP contribution in [0.4, 0.5) is 5.82 Å². The minimum atomic E-state index is -1.36. The Balaban J connectivity index is 1.54. The van der Waals surface area contributed by atoms with Gasteiger partial charge in [0.25, 0.3) is 0 Å². The summed E-state index contributed by atoms with van der Waals surface area (Å²) < 4.78 is 17.9. The predicted molar refractivity (Wildman–Crippen MR) is 121 cm³/mol. The van der Waals surface area contributed by atoms with E-state index in [1.807, 2.05) is 0 Å². The van der Waals surface area contributed by atoms with Crippen LogP contribution in [-0.4, -0.2) is 66.9 Å². The van der Waals surface area contributed by atoms with Crippen LogP contribution in [0.1, 0.15) is 11.8 Å². The van der Waals surface area contributed by atoms with E-state index in [9.17, 15) is 20.1 Å². The topological polar surface area (TPSA) is 179 Å². The number of anilines is 1. The molecule has 4 aromatic rings. The number of ether oxygens (including phenoxy) is 2. The molecule has 0 aliphatic carbocycles. The van der Waals surface area contributed by atoms with Crippen molar-refractivity contribution in [3.8, 4) is 5.75 Å². The summed E-state index contributed by atoms with van der Waals surface area (Å²) in [6, 6.07) is 7.01. The predicted octanol–water partition coefficient (Wildman–Crippen LogP) is 0.427. The molecule has 0 bridgehead atoms. The fourth-order valence-electron chi connectivity index (χ4n) is 3.89. The summed E-state index contributed by atoms with van der Waals surface area (Å²) in [5.74, 6) is 0.740. The molecule has 178 valence electrons. The van der Waals surface area contributed by atoms with E-state index < -0.39 is 36.8 Å². The van der Waals surface area contributed by atoms with E-state index in [4.69, 9.17) is 19.6 Å². The SMILES string of the molecule is COc1cccc2cc(CSc3nc4c(N)ncnc4n3[C@@H]3O[C@H](CO)[C@@H](O)[C@H]3O)c(=O)oc12. The summed E-state index contributed by atoms with van der Waals surface area (Å²) in [5.41, 5.74) is 6.72. The number of aliphatic hydroxyl groups excluding tert-OH is 3. The van der Waals surface area contributed by atoms with Gasteiger partial charge in [0.05, 0.1) is 13.7 Å². The average molecular weight is 487 g/mol. The number of benzene rings is 1. The monoisotopic (exact) mass is 487 g/mol. The number of fused-ring (bicyclic) bond motifs is 2. The molecule has 1 aliphatic rings. The molecule has 1 aromatic carbocycles. The van der Waals surface area contributed by atoms with Gasteiger partial charge >= 0.3 is 5.63 Å². The zero-order valence-corrected chi connectivity index (χ0v) is 18.7. The van der Waals surface area contributed by atoms with Gasteiger partial charge < -0.3 is 34.9 Å². The fourth-order valence-corrected chi connectivity index (χ4v) is 4.87. The molecule has 13 heteroatoms. The molecule has 0 spiro atoms. The molecule has 0 amide bonds. The molecule has 3 aromatic heterocycles. The van der Waals surface area contributed by atoms with E-state index in [-0.39, 0.29) is 22.7 Å². The van der Waals surface area contributed by atoms with Crippen molar-refractivity contribution in [3.05, 3.63) is 46.6 Å². The van der Waals surface area contributed by atoms with Crippen LogP contribution in [0.15, 0.2) is 45.0 Å².